The summed E-state index contributed by atoms with van der Waals surface area (Å²) in [5.74, 6) is -0.769. The van der Waals surface area contributed by atoms with Crippen LogP contribution in [0.25, 0.3) is 0 Å². The van der Waals surface area contributed by atoms with Crippen molar-refractivity contribution in [3.05, 3.63) is 59.2 Å². The number of benzene rings is 2. The number of piperidine rings is 1. The zero-order valence-electron chi connectivity index (χ0n) is 18.5. The van der Waals surface area contributed by atoms with Gasteiger partial charge in [0.1, 0.15) is 0 Å². The van der Waals surface area contributed by atoms with Crippen LogP contribution in [-0.2, 0) is 16.0 Å². The molecule has 0 aromatic heterocycles. The van der Waals surface area contributed by atoms with E-state index >= 15 is 0 Å². The van der Waals surface area contributed by atoms with Gasteiger partial charge in [-0.25, -0.2) is 0 Å². The molecule has 2 aliphatic heterocycles. The van der Waals surface area contributed by atoms with Crippen molar-refractivity contribution in [2.75, 3.05) is 29.9 Å². The van der Waals surface area contributed by atoms with Crippen molar-refractivity contribution in [1.29, 1.82) is 0 Å². The number of amides is 3. The smallest absolute Gasteiger partial charge is 0.248 e. The normalized spacial score (nSPS) is 18.1. The zero-order chi connectivity index (χ0) is 22.7. The van der Waals surface area contributed by atoms with E-state index in [0.29, 0.717) is 17.8 Å². The van der Waals surface area contributed by atoms with Gasteiger partial charge in [-0.2, -0.15) is 0 Å². The largest absolute Gasteiger partial charge is 0.370 e. The highest BCUT2D eigenvalue weighted by Crippen LogP contribution is 2.34. The summed E-state index contributed by atoms with van der Waals surface area (Å²) in [5.41, 5.74) is 9.52. The number of anilines is 2. The van der Waals surface area contributed by atoms with E-state index in [9.17, 15) is 14.4 Å². The lowest BCUT2D eigenvalue weighted by atomic mass is 9.90. The van der Waals surface area contributed by atoms with E-state index < -0.39 is 5.91 Å². The monoisotopic (exact) mass is 434 g/mol. The first kappa shape index (κ1) is 21.9. The van der Waals surface area contributed by atoms with Crippen LogP contribution in [0.4, 0.5) is 11.4 Å². The van der Waals surface area contributed by atoms with Crippen LogP contribution >= 0.6 is 0 Å². The molecule has 2 aliphatic rings. The highest BCUT2D eigenvalue weighted by Gasteiger charge is 2.31. The van der Waals surface area contributed by atoms with E-state index in [4.69, 9.17) is 5.73 Å². The molecule has 0 saturated carbocycles. The van der Waals surface area contributed by atoms with Crippen LogP contribution in [0.2, 0.25) is 0 Å². The lowest BCUT2D eigenvalue weighted by molar-refractivity contribution is -0.132. The van der Waals surface area contributed by atoms with E-state index in [1.54, 1.807) is 24.0 Å². The molecule has 7 heteroatoms. The molecule has 7 nitrogen and oxygen atoms in total. The van der Waals surface area contributed by atoms with Crippen molar-refractivity contribution in [1.82, 2.24) is 4.90 Å². The minimum absolute atomic E-state index is 0.0398. The van der Waals surface area contributed by atoms with Gasteiger partial charge in [0.25, 0.3) is 0 Å². The molecule has 0 spiro atoms. The fraction of sp³-hybridized carbons (Fsp3) is 0.400. The predicted octanol–water partition coefficient (Wildman–Crippen LogP) is 3.25. The maximum atomic E-state index is 13.2. The van der Waals surface area contributed by atoms with Crippen molar-refractivity contribution < 1.29 is 14.4 Å². The van der Waals surface area contributed by atoms with Gasteiger partial charge in [-0.3, -0.25) is 14.4 Å². The fourth-order valence-electron chi connectivity index (χ4n) is 4.83. The van der Waals surface area contributed by atoms with Crippen molar-refractivity contribution in [3.8, 4) is 0 Å². The molecule has 32 heavy (non-hydrogen) atoms. The summed E-state index contributed by atoms with van der Waals surface area (Å²) in [7, 11) is 0. The van der Waals surface area contributed by atoms with E-state index in [-0.39, 0.29) is 24.3 Å². The summed E-state index contributed by atoms with van der Waals surface area (Å²) in [4.78, 5) is 41.2. The summed E-state index contributed by atoms with van der Waals surface area (Å²) < 4.78 is 0. The van der Waals surface area contributed by atoms with E-state index in [2.05, 4.69) is 16.3 Å². The topological polar surface area (TPSA) is 95.7 Å². The molecule has 1 atom stereocenters. The molecule has 0 radical (unpaired) electrons. The molecule has 3 N–H and O–H groups in total. The van der Waals surface area contributed by atoms with Gasteiger partial charge in [0.15, 0.2) is 0 Å². The Morgan fingerprint density at radius 1 is 1.03 bits per heavy atom. The Morgan fingerprint density at radius 2 is 1.78 bits per heavy atom. The molecule has 1 saturated heterocycles. The van der Waals surface area contributed by atoms with Crippen molar-refractivity contribution in [2.45, 2.75) is 45.1 Å². The van der Waals surface area contributed by atoms with Gasteiger partial charge in [0.2, 0.25) is 17.7 Å². The van der Waals surface area contributed by atoms with Gasteiger partial charge >= 0.3 is 0 Å². The second-order valence-electron chi connectivity index (χ2n) is 8.57. The highest BCUT2D eigenvalue weighted by atomic mass is 16.2. The Bertz CT molecular complexity index is 1030. The van der Waals surface area contributed by atoms with Crippen LogP contribution in [0.3, 0.4) is 0 Å². The minimum Gasteiger partial charge on any atom is -0.370 e. The molecular weight excluding hydrogens is 404 g/mol. The number of carbonyl (C=O) groups excluding carboxylic acids is 3. The maximum Gasteiger partial charge on any atom is 0.248 e. The minimum atomic E-state index is -0.533. The molecule has 4 rings (SSSR count). The van der Waals surface area contributed by atoms with Crippen LogP contribution in [0.1, 0.15) is 60.1 Å². The zero-order valence-corrected chi connectivity index (χ0v) is 18.5. The summed E-state index contributed by atoms with van der Waals surface area (Å²) in [6.07, 6.45) is 4.32. The third-order valence-electron chi connectivity index (χ3n) is 6.45. The molecule has 168 valence electrons. The van der Waals surface area contributed by atoms with Crippen LogP contribution in [-0.4, -0.2) is 42.3 Å². The van der Waals surface area contributed by atoms with Crippen LogP contribution < -0.4 is 16.0 Å². The first-order valence-corrected chi connectivity index (χ1v) is 11.3. The molecular formula is C25H30N4O3. The lowest BCUT2D eigenvalue weighted by Gasteiger charge is -2.36. The number of nitrogens with one attached hydrogen (secondary N) is 1. The molecule has 1 unspecified atom stereocenters. The van der Waals surface area contributed by atoms with Gasteiger partial charge in [-0.15, -0.1) is 0 Å². The Hall–Kier alpha value is -3.35. The highest BCUT2D eigenvalue weighted by molar-refractivity contribution is 5.99. The van der Waals surface area contributed by atoms with E-state index in [1.165, 1.54) is 12.0 Å². The number of nitrogens with two attached hydrogens (primary N) is 1. The molecule has 1 fully saturated rings. The van der Waals surface area contributed by atoms with E-state index in [1.807, 2.05) is 24.3 Å². The van der Waals surface area contributed by atoms with Crippen molar-refractivity contribution in [2.24, 2.45) is 5.73 Å². The average molecular weight is 435 g/mol. The molecule has 2 aromatic rings. The number of carbonyl (C=O) groups is 3. The second kappa shape index (κ2) is 9.42. The molecule has 0 bridgehead atoms. The standard InChI is InChI=1S/C25H30N4O3/c1-17(30)29-14-11-18-7-3-4-8-20(18)23(29)16-24(31)27-21-15-19(25(26)32)9-10-22(21)28-12-5-2-6-13-28/h3-4,7-10,15,23H,2,5-6,11-14,16H2,1H3,(H2,26,32)(H,27,31). The first-order valence-electron chi connectivity index (χ1n) is 11.3. The maximum absolute atomic E-state index is 13.2. The number of nitrogens with zero attached hydrogens (tertiary/aromatic N) is 2. The average Bonchev–Trinajstić information content (AvgIpc) is 2.79. The number of fused-ring (bicyclic) bond motifs is 1. The summed E-state index contributed by atoms with van der Waals surface area (Å²) in [5, 5.41) is 3.01. The Labute approximate surface area is 188 Å². The van der Waals surface area contributed by atoms with E-state index in [0.717, 1.165) is 43.6 Å². The van der Waals surface area contributed by atoms with Gasteiger partial charge in [0.05, 0.1) is 23.8 Å². The SMILES string of the molecule is CC(=O)N1CCc2ccccc2C1CC(=O)Nc1cc(C(N)=O)ccc1N1CCCCC1. The molecule has 2 aromatic carbocycles. The molecule has 0 aliphatic carbocycles. The number of hydrogen-bond acceptors (Lipinski definition) is 4. The van der Waals surface area contributed by atoms with Crippen molar-refractivity contribution >= 4 is 29.1 Å². The number of hydrogen-bond donors (Lipinski definition) is 2. The number of rotatable bonds is 5. The van der Waals surface area contributed by atoms with Crippen LogP contribution in [0.15, 0.2) is 42.5 Å². The van der Waals surface area contributed by atoms with Gasteiger partial charge in [-0.05, 0) is 55.0 Å². The second-order valence-corrected chi connectivity index (χ2v) is 8.57. The molecule has 3 amide bonds. The Balaban J connectivity index is 1.60. The summed E-state index contributed by atoms with van der Waals surface area (Å²) in [6, 6.07) is 12.9. The number of primary amides is 1. The van der Waals surface area contributed by atoms with Crippen molar-refractivity contribution in [3.63, 3.8) is 0 Å². The first-order chi connectivity index (χ1) is 15.4. The van der Waals surface area contributed by atoms with Gasteiger partial charge in [0, 0.05) is 32.1 Å². The van der Waals surface area contributed by atoms with Gasteiger partial charge in [-0.1, -0.05) is 24.3 Å². The van der Waals surface area contributed by atoms with Crippen LogP contribution in [0, 0.1) is 0 Å². The predicted molar refractivity (Wildman–Crippen MR) is 125 cm³/mol. The molecule has 2 heterocycles. The Morgan fingerprint density at radius 3 is 2.50 bits per heavy atom. The summed E-state index contributed by atoms with van der Waals surface area (Å²) >= 11 is 0. The van der Waals surface area contributed by atoms with Crippen LogP contribution in [0.5, 0.6) is 0 Å². The summed E-state index contributed by atoms with van der Waals surface area (Å²) in [6.45, 7) is 3.96. The quantitative estimate of drug-likeness (QED) is 0.755. The Kier molecular flexibility index (Phi) is 6.44. The fourth-order valence-corrected chi connectivity index (χ4v) is 4.83. The third kappa shape index (κ3) is 4.61. The lowest BCUT2D eigenvalue weighted by Crippen LogP contribution is -2.40. The third-order valence-corrected chi connectivity index (χ3v) is 6.45. The van der Waals surface area contributed by atoms with Gasteiger partial charge < -0.3 is 20.9 Å².